The molecule has 0 aliphatic carbocycles. The molecule has 2 heterocycles. The van der Waals surface area contributed by atoms with E-state index >= 15 is 0 Å². The molecular formula is C7H4BrN3O2. The van der Waals surface area contributed by atoms with Crippen molar-refractivity contribution in [3.63, 3.8) is 0 Å². The monoisotopic (exact) mass is 241 g/mol. The van der Waals surface area contributed by atoms with E-state index in [1.54, 1.807) is 12.1 Å². The molecule has 0 aliphatic heterocycles. The number of aromatic nitrogens is 3. The fourth-order valence-electron chi connectivity index (χ4n) is 0.887. The minimum atomic E-state index is -0.202. The fourth-order valence-corrected chi connectivity index (χ4v) is 1.12. The minimum Gasteiger partial charge on any atom is -0.331 e. The molecule has 0 aliphatic rings. The van der Waals surface area contributed by atoms with Crippen LogP contribution in [0.5, 0.6) is 0 Å². The van der Waals surface area contributed by atoms with Crippen molar-refractivity contribution >= 4 is 15.9 Å². The summed E-state index contributed by atoms with van der Waals surface area (Å²) >= 11 is 3.04. The molecule has 0 saturated carbocycles. The summed E-state index contributed by atoms with van der Waals surface area (Å²) in [7, 11) is 0. The van der Waals surface area contributed by atoms with Crippen molar-refractivity contribution in [2.45, 2.75) is 0 Å². The van der Waals surface area contributed by atoms with Crippen LogP contribution in [0.2, 0.25) is 0 Å². The SMILES string of the molecule is O=c1cccc(-c2nc(Br)no2)[nH]1. The standard InChI is InChI=1S/C7H4BrN3O2/c8-7-10-6(13-11-7)4-2-1-3-5(12)9-4/h1-3H,(H,9,12). The summed E-state index contributed by atoms with van der Waals surface area (Å²) in [5, 5.41) is 3.53. The van der Waals surface area contributed by atoms with Crippen LogP contribution in [-0.4, -0.2) is 15.1 Å². The second-order valence-electron chi connectivity index (χ2n) is 2.30. The Kier molecular flexibility index (Phi) is 1.97. The lowest BCUT2D eigenvalue weighted by molar-refractivity contribution is 0.425. The van der Waals surface area contributed by atoms with Gasteiger partial charge in [0.15, 0.2) is 0 Å². The number of pyridine rings is 1. The molecule has 0 amide bonds. The van der Waals surface area contributed by atoms with Gasteiger partial charge in [0.25, 0.3) is 5.89 Å². The Hall–Kier alpha value is -1.43. The van der Waals surface area contributed by atoms with Crippen molar-refractivity contribution in [1.82, 2.24) is 15.1 Å². The summed E-state index contributed by atoms with van der Waals surface area (Å²) in [5.74, 6) is 0.282. The molecular weight excluding hydrogens is 238 g/mol. The van der Waals surface area contributed by atoms with Gasteiger partial charge in [-0.3, -0.25) is 4.79 Å². The maximum Gasteiger partial charge on any atom is 0.275 e. The fraction of sp³-hybridized carbons (Fsp3) is 0. The number of hydrogen-bond donors (Lipinski definition) is 1. The first-order valence-electron chi connectivity index (χ1n) is 3.44. The average Bonchev–Trinajstić information content (AvgIpc) is 2.52. The van der Waals surface area contributed by atoms with Crippen LogP contribution >= 0.6 is 15.9 Å². The van der Waals surface area contributed by atoms with Crippen LogP contribution in [0.3, 0.4) is 0 Å². The van der Waals surface area contributed by atoms with Crippen LogP contribution in [-0.2, 0) is 0 Å². The summed E-state index contributed by atoms with van der Waals surface area (Å²) in [5.41, 5.74) is 0.303. The van der Waals surface area contributed by atoms with Crippen molar-refractivity contribution in [2.24, 2.45) is 0 Å². The predicted molar refractivity (Wildman–Crippen MR) is 48.1 cm³/mol. The van der Waals surface area contributed by atoms with E-state index in [9.17, 15) is 4.79 Å². The molecule has 0 spiro atoms. The van der Waals surface area contributed by atoms with Crippen LogP contribution in [0.25, 0.3) is 11.6 Å². The van der Waals surface area contributed by atoms with Crippen molar-refractivity contribution in [1.29, 1.82) is 0 Å². The molecule has 0 radical (unpaired) electrons. The number of aromatic amines is 1. The number of nitrogens with one attached hydrogen (secondary N) is 1. The van der Waals surface area contributed by atoms with Gasteiger partial charge in [0.05, 0.1) is 0 Å². The number of halogens is 1. The van der Waals surface area contributed by atoms with Gasteiger partial charge in [0, 0.05) is 6.07 Å². The van der Waals surface area contributed by atoms with Crippen LogP contribution in [0.1, 0.15) is 0 Å². The summed E-state index contributed by atoms with van der Waals surface area (Å²) in [6.07, 6.45) is 0. The molecule has 2 aromatic rings. The van der Waals surface area contributed by atoms with E-state index in [4.69, 9.17) is 4.52 Å². The van der Waals surface area contributed by atoms with Crippen molar-refractivity contribution < 1.29 is 4.52 Å². The Morgan fingerprint density at radius 3 is 2.92 bits per heavy atom. The summed E-state index contributed by atoms with van der Waals surface area (Å²) in [4.78, 5) is 17.4. The molecule has 2 rings (SSSR count). The lowest BCUT2D eigenvalue weighted by atomic mass is 10.3. The lowest BCUT2D eigenvalue weighted by Crippen LogP contribution is -2.03. The molecule has 0 unspecified atom stereocenters. The van der Waals surface area contributed by atoms with E-state index in [0.29, 0.717) is 10.4 Å². The Morgan fingerprint density at radius 1 is 1.46 bits per heavy atom. The van der Waals surface area contributed by atoms with Crippen LogP contribution < -0.4 is 5.56 Å². The molecule has 2 aromatic heterocycles. The molecule has 13 heavy (non-hydrogen) atoms. The van der Waals surface area contributed by atoms with Crippen LogP contribution in [0, 0.1) is 0 Å². The van der Waals surface area contributed by atoms with Gasteiger partial charge in [-0.05, 0) is 27.2 Å². The highest BCUT2D eigenvalue weighted by molar-refractivity contribution is 9.10. The lowest BCUT2D eigenvalue weighted by Gasteiger charge is -1.90. The smallest absolute Gasteiger partial charge is 0.275 e. The normalized spacial score (nSPS) is 10.2. The average molecular weight is 242 g/mol. The van der Waals surface area contributed by atoms with Crippen LogP contribution in [0.15, 0.2) is 32.3 Å². The van der Waals surface area contributed by atoms with E-state index in [0.717, 1.165) is 0 Å². The maximum absolute atomic E-state index is 10.9. The van der Waals surface area contributed by atoms with E-state index < -0.39 is 0 Å². The van der Waals surface area contributed by atoms with E-state index in [2.05, 4.69) is 31.1 Å². The van der Waals surface area contributed by atoms with Gasteiger partial charge >= 0.3 is 0 Å². The molecule has 0 bridgehead atoms. The molecule has 0 atom stereocenters. The third-order valence-corrected chi connectivity index (χ3v) is 1.72. The number of nitrogens with zero attached hydrogens (tertiary/aromatic N) is 2. The van der Waals surface area contributed by atoms with Gasteiger partial charge in [-0.2, -0.15) is 4.98 Å². The van der Waals surface area contributed by atoms with E-state index in [-0.39, 0.29) is 11.4 Å². The molecule has 0 aromatic carbocycles. The third kappa shape index (κ3) is 1.67. The van der Waals surface area contributed by atoms with Gasteiger partial charge in [-0.15, -0.1) is 0 Å². The minimum absolute atomic E-state index is 0.202. The molecule has 1 N–H and O–H groups in total. The molecule has 6 heteroatoms. The zero-order chi connectivity index (χ0) is 9.26. The second kappa shape index (κ2) is 3.14. The zero-order valence-corrected chi connectivity index (χ0v) is 7.91. The Labute approximate surface area is 80.9 Å². The Bertz CT molecular complexity index is 476. The molecule has 66 valence electrons. The van der Waals surface area contributed by atoms with Gasteiger partial charge in [0.1, 0.15) is 5.69 Å². The first-order valence-corrected chi connectivity index (χ1v) is 4.24. The Balaban J connectivity index is 2.52. The van der Waals surface area contributed by atoms with E-state index in [1.165, 1.54) is 6.07 Å². The van der Waals surface area contributed by atoms with Gasteiger partial charge in [-0.1, -0.05) is 6.07 Å². The third-order valence-electron chi connectivity index (χ3n) is 1.40. The molecule has 0 fully saturated rings. The number of rotatable bonds is 1. The van der Waals surface area contributed by atoms with Crippen molar-refractivity contribution in [3.8, 4) is 11.6 Å². The quantitative estimate of drug-likeness (QED) is 0.815. The maximum atomic E-state index is 10.9. The van der Waals surface area contributed by atoms with Gasteiger partial charge in [-0.25, -0.2) is 0 Å². The molecule has 5 nitrogen and oxygen atoms in total. The van der Waals surface area contributed by atoms with Gasteiger partial charge in [0.2, 0.25) is 10.3 Å². The summed E-state index contributed by atoms with van der Waals surface area (Å²) in [6, 6.07) is 4.71. The number of H-pyrrole nitrogens is 1. The highest BCUT2D eigenvalue weighted by Crippen LogP contribution is 2.14. The van der Waals surface area contributed by atoms with Crippen LogP contribution in [0.4, 0.5) is 0 Å². The highest BCUT2D eigenvalue weighted by atomic mass is 79.9. The highest BCUT2D eigenvalue weighted by Gasteiger charge is 2.06. The molecule has 0 saturated heterocycles. The number of hydrogen-bond acceptors (Lipinski definition) is 4. The predicted octanol–water partition coefficient (Wildman–Crippen LogP) is 1.19. The second-order valence-corrected chi connectivity index (χ2v) is 3.01. The van der Waals surface area contributed by atoms with Crippen molar-refractivity contribution in [3.05, 3.63) is 33.3 Å². The van der Waals surface area contributed by atoms with Gasteiger partial charge < -0.3 is 9.51 Å². The topological polar surface area (TPSA) is 71.8 Å². The summed E-state index contributed by atoms with van der Waals surface area (Å²) in [6.45, 7) is 0. The Morgan fingerprint density at radius 2 is 2.31 bits per heavy atom. The zero-order valence-electron chi connectivity index (χ0n) is 6.32. The van der Waals surface area contributed by atoms with Crippen molar-refractivity contribution in [2.75, 3.05) is 0 Å². The largest absolute Gasteiger partial charge is 0.331 e. The first-order chi connectivity index (χ1) is 6.25. The summed E-state index contributed by atoms with van der Waals surface area (Å²) < 4.78 is 5.18. The van der Waals surface area contributed by atoms with E-state index in [1.807, 2.05) is 0 Å². The first kappa shape index (κ1) is 8.18.